The Bertz CT molecular complexity index is 1230. The number of allylic oxidation sites excluding steroid dienone is 1. The van der Waals surface area contributed by atoms with Gasteiger partial charge >= 0.3 is 0 Å². The topological polar surface area (TPSA) is 44.5 Å². The largest absolute Gasteiger partial charge is 0.492 e. The Balaban J connectivity index is 1.69. The van der Waals surface area contributed by atoms with Gasteiger partial charge in [0.1, 0.15) is 24.7 Å². The van der Waals surface area contributed by atoms with E-state index >= 15 is 0 Å². The Labute approximate surface area is 208 Å². The minimum absolute atomic E-state index is 0.499. The third kappa shape index (κ3) is 6.40. The first-order valence-corrected chi connectivity index (χ1v) is 12.2. The maximum Gasteiger partial charge on any atom is 0.119 e. The van der Waals surface area contributed by atoms with E-state index in [2.05, 4.69) is 86.6 Å². The molecule has 0 aliphatic carbocycles. The number of hydrogen-bond acceptors (Lipinski definition) is 3. The normalized spacial score (nSPS) is 11.6. The number of nitrogens with two attached hydrogens (primary N) is 1. The van der Waals surface area contributed by atoms with Gasteiger partial charge in [0.15, 0.2) is 0 Å². The lowest BCUT2D eigenvalue weighted by atomic mass is 9.88. The maximum atomic E-state index is 6.03. The molecular formula is C32H33NO2. The Morgan fingerprint density at radius 3 is 1.74 bits per heavy atom. The van der Waals surface area contributed by atoms with E-state index in [1.165, 1.54) is 22.3 Å². The highest BCUT2D eigenvalue weighted by Gasteiger charge is 2.14. The fourth-order valence-corrected chi connectivity index (χ4v) is 4.15. The van der Waals surface area contributed by atoms with Gasteiger partial charge in [-0.3, -0.25) is 0 Å². The van der Waals surface area contributed by atoms with Crippen molar-refractivity contribution in [2.45, 2.75) is 26.9 Å². The van der Waals surface area contributed by atoms with Gasteiger partial charge in [-0.25, -0.2) is 0 Å². The summed E-state index contributed by atoms with van der Waals surface area (Å²) in [6.45, 7) is 5.89. The molecule has 4 aromatic rings. The number of hydrogen-bond donors (Lipinski definition) is 1. The predicted molar refractivity (Wildman–Crippen MR) is 146 cm³/mol. The van der Waals surface area contributed by atoms with Crippen molar-refractivity contribution in [3.05, 3.63) is 131 Å². The van der Waals surface area contributed by atoms with Crippen molar-refractivity contribution in [1.29, 1.82) is 0 Å². The maximum absolute atomic E-state index is 6.03. The summed E-state index contributed by atoms with van der Waals surface area (Å²) < 4.78 is 11.7. The molecule has 4 aromatic carbocycles. The van der Waals surface area contributed by atoms with E-state index in [1.807, 2.05) is 30.3 Å². The average Bonchev–Trinajstić information content (AvgIpc) is 2.91. The molecule has 0 fully saturated rings. The molecule has 4 rings (SSSR count). The molecule has 0 saturated heterocycles. The zero-order chi connectivity index (χ0) is 24.5. The third-order valence-electron chi connectivity index (χ3n) is 5.98. The standard InChI is InChI=1S/C32H33NO2/c1-3-31(26-11-9-24(2)10-12-26)32(27-13-17-29(18-14-27)34-22-21-33)28-15-19-30(20-16-28)35-23-25-7-5-4-6-8-25/h4-20H,3,21-23,33H2,1-2H3. The Kier molecular flexibility index (Phi) is 8.37. The van der Waals surface area contributed by atoms with Crippen molar-refractivity contribution in [1.82, 2.24) is 0 Å². The number of ether oxygens (including phenoxy) is 2. The van der Waals surface area contributed by atoms with E-state index in [4.69, 9.17) is 15.2 Å². The smallest absolute Gasteiger partial charge is 0.119 e. The van der Waals surface area contributed by atoms with Crippen LogP contribution in [0.4, 0.5) is 0 Å². The van der Waals surface area contributed by atoms with E-state index < -0.39 is 0 Å². The van der Waals surface area contributed by atoms with Gasteiger partial charge in [0.05, 0.1) is 0 Å². The van der Waals surface area contributed by atoms with Crippen LogP contribution in [0.5, 0.6) is 11.5 Å². The van der Waals surface area contributed by atoms with E-state index in [0.717, 1.165) is 34.6 Å². The van der Waals surface area contributed by atoms with Crippen LogP contribution in [0.25, 0.3) is 11.1 Å². The molecule has 0 aromatic heterocycles. The minimum Gasteiger partial charge on any atom is -0.492 e. The van der Waals surface area contributed by atoms with Crippen LogP contribution in [0.3, 0.4) is 0 Å². The van der Waals surface area contributed by atoms with Gasteiger partial charge in [0.2, 0.25) is 0 Å². The summed E-state index contributed by atoms with van der Waals surface area (Å²) in [5.41, 5.74) is 14.1. The van der Waals surface area contributed by atoms with Gasteiger partial charge in [-0.15, -0.1) is 0 Å². The van der Waals surface area contributed by atoms with Crippen LogP contribution in [-0.4, -0.2) is 13.2 Å². The molecular weight excluding hydrogens is 430 g/mol. The highest BCUT2D eigenvalue weighted by atomic mass is 16.5. The molecule has 0 amide bonds. The molecule has 0 spiro atoms. The molecule has 0 unspecified atom stereocenters. The van der Waals surface area contributed by atoms with E-state index in [-0.39, 0.29) is 0 Å². The SMILES string of the molecule is CCC(=C(c1ccc(OCCN)cc1)c1ccc(OCc2ccccc2)cc1)c1ccc(C)cc1. The lowest BCUT2D eigenvalue weighted by Crippen LogP contribution is -2.10. The molecule has 0 aliphatic rings. The van der Waals surface area contributed by atoms with E-state index in [9.17, 15) is 0 Å². The van der Waals surface area contributed by atoms with E-state index in [0.29, 0.717) is 19.8 Å². The van der Waals surface area contributed by atoms with Crippen LogP contribution in [0, 0.1) is 6.92 Å². The number of benzene rings is 4. The molecule has 0 heterocycles. The van der Waals surface area contributed by atoms with Crippen LogP contribution < -0.4 is 15.2 Å². The molecule has 178 valence electrons. The van der Waals surface area contributed by atoms with Crippen LogP contribution in [-0.2, 0) is 6.61 Å². The van der Waals surface area contributed by atoms with E-state index in [1.54, 1.807) is 0 Å². The zero-order valence-electron chi connectivity index (χ0n) is 20.5. The van der Waals surface area contributed by atoms with Crippen molar-refractivity contribution in [2.75, 3.05) is 13.2 Å². The molecule has 0 bridgehead atoms. The van der Waals surface area contributed by atoms with Crippen molar-refractivity contribution >= 4 is 11.1 Å². The number of rotatable bonds is 10. The van der Waals surface area contributed by atoms with Gasteiger partial charge in [-0.05, 0) is 71.0 Å². The van der Waals surface area contributed by atoms with Crippen molar-refractivity contribution in [2.24, 2.45) is 5.73 Å². The lowest BCUT2D eigenvalue weighted by molar-refractivity contribution is 0.306. The van der Waals surface area contributed by atoms with Gasteiger partial charge in [-0.1, -0.05) is 91.3 Å². The Morgan fingerprint density at radius 1 is 0.657 bits per heavy atom. The highest BCUT2D eigenvalue weighted by molar-refractivity contribution is 5.98. The van der Waals surface area contributed by atoms with Gasteiger partial charge in [-0.2, -0.15) is 0 Å². The third-order valence-corrected chi connectivity index (χ3v) is 5.98. The predicted octanol–water partition coefficient (Wildman–Crippen LogP) is 7.28. The zero-order valence-corrected chi connectivity index (χ0v) is 20.5. The van der Waals surface area contributed by atoms with Crippen LogP contribution in [0.2, 0.25) is 0 Å². The first kappa shape index (κ1) is 24.3. The molecule has 35 heavy (non-hydrogen) atoms. The molecule has 3 nitrogen and oxygen atoms in total. The second-order valence-corrected chi connectivity index (χ2v) is 8.53. The Morgan fingerprint density at radius 2 is 1.20 bits per heavy atom. The van der Waals surface area contributed by atoms with Gasteiger partial charge in [0, 0.05) is 6.54 Å². The van der Waals surface area contributed by atoms with Gasteiger partial charge in [0.25, 0.3) is 0 Å². The summed E-state index contributed by atoms with van der Waals surface area (Å²) in [6, 6.07) is 35.7. The molecule has 0 aliphatic heterocycles. The summed E-state index contributed by atoms with van der Waals surface area (Å²) in [6.07, 6.45) is 0.913. The lowest BCUT2D eigenvalue weighted by Gasteiger charge is -2.17. The van der Waals surface area contributed by atoms with Gasteiger partial charge < -0.3 is 15.2 Å². The molecule has 2 N–H and O–H groups in total. The summed E-state index contributed by atoms with van der Waals surface area (Å²) >= 11 is 0. The summed E-state index contributed by atoms with van der Waals surface area (Å²) in [5.74, 6) is 1.69. The molecule has 3 heteroatoms. The van der Waals surface area contributed by atoms with Crippen molar-refractivity contribution < 1.29 is 9.47 Å². The van der Waals surface area contributed by atoms with Crippen molar-refractivity contribution in [3.63, 3.8) is 0 Å². The first-order valence-electron chi connectivity index (χ1n) is 12.2. The first-order chi connectivity index (χ1) is 17.2. The summed E-state index contributed by atoms with van der Waals surface area (Å²) in [4.78, 5) is 0. The number of aryl methyl sites for hydroxylation is 1. The van der Waals surface area contributed by atoms with Crippen LogP contribution in [0.1, 0.15) is 41.2 Å². The Hall–Kier alpha value is -3.82. The average molecular weight is 464 g/mol. The summed E-state index contributed by atoms with van der Waals surface area (Å²) in [5, 5.41) is 0. The molecule has 0 saturated carbocycles. The highest BCUT2D eigenvalue weighted by Crippen LogP contribution is 2.36. The second-order valence-electron chi connectivity index (χ2n) is 8.53. The van der Waals surface area contributed by atoms with Crippen molar-refractivity contribution in [3.8, 4) is 11.5 Å². The quantitative estimate of drug-likeness (QED) is 0.251. The summed E-state index contributed by atoms with van der Waals surface area (Å²) in [7, 11) is 0. The van der Waals surface area contributed by atoms with Crippen LogP contribution in [0.15, 0.2) is 103 Å². The fourth-order valence-electron chi connectivity index (χ4n) is 4.15. The minimum atomic E-state index is 0.499. The second kappa shape index (κ2) is 12.0. The monoisotopic (exact) mass is 463 g/mol. The molecule has 0 atom stereocenters. The fraction of sp³-hybridized carbons (Fsp3) is 0.188. The van der Waals surface area contributed by atoms with Crippen LogP contribution >= 0.6 is 0 Å². The molecule has 0 radical (unpaired) electrons.